The third-order valence-corrected chi connectivity index (χ3v) is 4.08. The maximum Gasteiger partial charge on any atom is 0.0453 e. The van der Waals surface area contributed by atoms with Crippen molar-refractivity contribution in [3.63, 3.8) is 0 Å². The van der Waals surface area contributed by atoms with E-state index in [1.165, 1.54) is 24.8 Å². The van der Waals surface area contributed by atoms with Gasteiger partial charge in [0.25, 0.3) is 0 Å². The highest BCUT2D eigenvalue weighted by Gasteiger charge is 2.15. The summed E-state index contributed by atoms with van der Waals surface area (Å²) in [7, 11) is 0. The smallest absolute Gasteiger partial charge is 0.0453 e. The molecule has 0 aliphatic rings. The first-order valence-electron chi connectivity index (χ1n) is 7.08. The molecular formula is C16H26ClN. The lowest BCUT2D eigenvalue weighted by Gasteiger charge is -2.25. The van der Waals surface area contributed by atoms with Gasteiger partial charge in [0.2, 0.25) is 0 Å². The van der Waals surface area contributed by atoms with E-state index in [-0.39, 0.29) is 0 Å². The van der Waals surface area contributed by atoms with Crippen LogP contribution >= 0.6 is 11.6 Å². The second-order valence-corrected chi connectivity index (χ2v) is 5.67. The molecule has 0 saturated carbocycles. The molecule has 0 radical (unpaired) electrons. The van der Waals surface area contributed by atoms with E-state index in [2.05, 4.69) is 45.1 Å². The van der Waals surface area contributed by atoms with Crippen molar-refractivity contribution in [1.29, 1.82) is 0 Å². The van der Waals surface area contributed by atoms with Crippen LogP contribution in [0.5, 0.6) is 0 Å². The molecule has 0 spiro atoms. The van der Waals surface area contributed by atoms with E-state index >= 15 is 0 Å². The molecule has 0 aliphatic carbocycles. The third kappa shape index (κ3) is 4.62. The average Bonchev–Trinajstić information content (AvgIpc) is 2.38. The van der Waals surface area contributed by atoms with Crippen LogP contribution in [0.2, 0.25) is 5.02 Å². The third-order valence-electron chi connectivity index (χ3n) is 3.73. The van der Waals surface area contributed by atoms with Gasteiger partial charge in [-0.1, -0.05) is 57.0 Å². The van der Waals surface area contributed by atoms with Gasteiger partial charge in [0.15, 0.2) is 0 Å². The van der Waals surface area contributed by atoms with Gasteiger partial charge in [0, 0.05) is 17.1 Å². The van der Waals surface area contributed by atoms with Gasteiger partial charge in [-0.3, -0.25) is 0 Å². The normalized spacial score (nSPS) is 16.3. The topological polar surface area (TPSA) is 12.0 Å². The van der Waals surface area contributed by atoms with Crippen LogP contribution in [0.4, 0.5) is 0 Å². The summed E-state index contributed by atoms with van der Waals surface area (Å²) >= 11 is 6.24. The molecule has 102 valence electrons. The number of rotatable bonds is 7. The molecule has 18 heavy (non-hydrogen) atoms. The van der Waals surface area contributed by atoms with Gasteiger partial charge >= 0.3 is 0 Å². The van der Waals surface area contributed by atoms with Gasteiger partial charge in [-0.2, -0.15) is 0 Å². The van der Waals surface area contributed by atoms with Crippen molar-refractivity contribution in [1.82, 2.24) is 5.32 Å². The van der Waals surface area contributed by atoms with E-state index in [9.17, 15) is 0 Å². The monoisotopic (exact) mass is 267 g/mol. The summed E-state index contributed by atoms with van der Waals surface area (Å²) in [5.74, 6) is 0.779. The quantitative estimate of drug-likeness (QED) is 0.715. The molecule has 2 heteroatoms. The standard InChI is InChI=1S/C16H26ClN/c1-5-12(3)11-14(6-2)18-13(4)15-9-7-8-10-16(15)17/h7-10,12-14,18H,5-6,11H2,1-4H3/t12?,13-,14?/m0/s1. The van der Waals surface area contributed by atoms with Crippen LogP contribution in [0.15, 0.2) is 24.3 Å². The van der Waals surface area contributed by atoms with Gasteiger partial charge in [-0.05, 0) is 37.3 Å². The lowest BCUT2D eigenvalue weighted by atomic mass is 9.96. The molecule has 3 atom stereocenters. The number of benzene rings is 1. The summed E-state index contributed by atoms with van der Waals surface area (Å²) in [5, 5.41) is 4.56. The van der Waals surface area contributed by atoms with E-state index in [1.54, 1.807) is 0 Å². The highest BCUT2D eigenvalue weighted by molar-refractivity contribution is 6.31. The Morgan fingerprint density at radius 3 is 2.33 bits per heavy atom. The lowest BCUT2D eigenvalue weighted by Crippen LogP contribution is -2.32. The van der Waals surface area contributed by atoms with Crippen LogP contribution in [0.1, 0.15) is 58.6 Å². The Hall–Kier alpha value is -0.530. The molecule has 1 rings (SSSR count). The first-order chi connectivity index (χ1) is 8.58. The first-order valence-corrected chi connectivity index (χ1v) is 7.46. The Kier molecular flexibility index (Phi) is 6.73. The number of nitrogens with one attached hydrogen (secondary N) is 1. The predicted octanol–water partition coefficient (Wildman–Crippen LogP) is 5.21. The Morgan fingerprint density at radius 1 is 1.11 bits per heavy atom. The molecule has 1 aromatic rings. The molecule has 0 bridgehead atoms. The summed E-state index contributed by atoms with van der Waals surface area (Å²) in [6, 6.07) is 8.99. The Labute approximate surface area is 117 Å². The zero-order valence-electron chi connectivity index (χ0n) is 12.0. The average molecular weight is 268 g/mol. The number of hydrogen-bond acceptors (Lipinski definition) is 1. The van der Waals surface area contributed by atoms with Crippen LogP contribution in [0.25, 0.3) is 0 Å². The fourth-order valence-electron chi connectivity index (χ4n) is 2.27. The molecule has 0 fully saturated rings. The molecule has 0 saturated heterocycles. The highest BCUT2D eigenvalue weighted by atomic mass is 35.5. The van der Waals surface area contributed by atoms with Crippen molar-refractivity contribution in [3.05, 3.63) is 34.9 Å². The molecule has 1 N–H and O–H groups in total. The van der Waals surface area contributed by atoms with E-state index in [0.717, 1.165) is 10.9 Å². The minimum absolute atomic E-state index is 0.313. The van der Waals surface area contributed by atoms with Gasteiger partial charge in [0.05, 0.1) is 0 Å². The van der Waals surface area contributed by atoms with Crippen LogP contribution in [0, 0.1) is 5.92 Å². The van der Waals surface area contributed by atoms with Gasteiger partial charge in [-0.15, -0.1) is 0 Å². The van der Waals surface area contributed by atoms with E-state index in [0.29, 0.717) is 12.1 Å². The molecule has 0 aromatic heterocycles. The molecule has 0 amide bonds. The fraction of sp³-hybridized carbons (Fsp3) is 0.625. The van der Waals surface area contributed by atoms with Crippen molar-refractivity contribution in [2.45, 2.75) is 59.0 Å². The minimum Gasteiger partial charge on any atom is -0.307 e. The van der Waals surface area contributed by atoms with Crippen LogP contribution < -0.4 is 5.32 Å². The highest BCUT2D eigenvalue weighted by Crippen LogP contribution is 2.24. The van der Waals surface area contributed by atoms with Crippen LogP contribution in [-0.2, 0) is 0 Å². The zero-order valence-corrected chi connectivity index (χ0v) is 12.8. The van der Waals surface area contributed by atoms with Crippen molar-refractivity contribution >= 4 is 11.6 Å². The molecular weight excluding hydrogens is 242 g/mol. The van der Waals surface area contributed by atoms with Crippen molar-refractivity contribution in [2.75, 3.05) is 0 Å². The lowest BCUT2D eigenvalue weighted by molar-refractivity contribution is 0.359. The Morgan fingerprint density at radius 2 is 1.78 bits per heavy atom. The van der Waals surface area contributed by atoms with Gasteiger partial charge < -0.3 is 5.32 Å². The second kappa shape index (κ2) is 7.81. The van der Waals surface area contributed by atoms with Crippen LogP contribution in [-0.4, -0.2) is 6.04 Å². The molecule has 2 unspecified atom stereocenters. The maximum atomic E-state index is 6.24. The summed E-state index contributed by atoms with van der Waals surface area (Å²) in [5.41, 5.74) is 1.20. The van der Waals surface area contributed by atoms with Crippen LogP contribution in [0.3, 0.4) is 0 Å². The Balaban J connectivity index is 2.62. The van der Waals surface area contributed by atoms with E-state index < -0.39 is 0 Å². The summed E-state index contributed by atoms with van der Waals surface area (Å²) < 4.78 is 0. The van der Waals surface area contributed by atoms with Crippen molar-refractivity contribution in [2.24, 2.45) is 5.92 Å². The second-order valence-electron chi connectivity index (χ2n) is 5.26. The molecule has 1 aromatic carbocycles. The summed E-state index contributed by atoms with van der Waals surface area (Å²) in [6.45, 7) is 9.03. The SMILES string of the molecule is CCC(C)CC(CC)N[C@@H](C)c1ccccc1Cl. The van der Waals surface area contributed by atoms with Gasteiger partial charge in [0.1, 0.15) is 0 Å². The maximum absolute atomic E-state index is 6.24. The molecule has 0 aliphatic heterocycles. The molecule has 0 heterocycles. The van der Waals surface area contributed by atoms with E-state index in [1.807, 2.05) is 12.1 Å². The minimum atomic E-state index is 0.313. The fourth-order valence-corrected chi connectivity index (χ4v) is 2.57. The summed E-state index contributed by atoms with van der Waals surface area (Å²) in [4.78, 5) is 0. The van der Waals surface area contributed by atoms with E-state index in [4.69, 9.17) is 11.6 Å². The summed E-state index contributed by atoms with van der Waals surface area (Å²) in [6.07, 6.45) is 3.65. The first kappa shape index (κ1) is 15.5. The van der Waals surface area contributed by atoms with Crippen molar-refractivity contribution in [3.8, 4) is 0 Å². The molecule has 1 nitrogen and oxygen atoms in total. The Bertz CT molecular complexity index is 351. The van der Waals surface area contributed by atoms with Gasteiger partial charge in [-0.25, -0.2) is 0 Å². The zero-order chi connectivity index (χ0) is 13.5. The largest absolute Gasteiger partial charge is 0.307 e. The predicted molar refractivity (Wildman–Crippen MR) is 81.2 cm³/mol. The number of halogens is 1. The number of hydrogen-bond donors (Lipinski definition) is 1. The van der Waals surface area contributed by atoms with Crippen molar-refractivity contribution < 1.29 is 0 Å².